The van der Waals surface area contributed by atoms with E-state index in [1.807, 2.05) is 0 Å². The number of hydrogen-bond donors (Lipinski definition) is 1. The number of amides is 2. The summed E-state index contributed by atoms with van der Waals surface area (Å²) in [6.07, 6.45) is 0. The van der Waals surface area contributed by atoms with E-state index in [-0.39, 0.29) is 5.69 Å². The molecule has 2 aromatic carbocycles. The first-order valence-corrected chi connectivity index (χ1v) is 8.11. The SMILES string of the molecule is C=CS(=O)(=O)N(C(=O)Nc1ccccc1)c1ccc(Cl)cc1. The molecule has 0 aromatic heterocycles. The van der Waals surface area contributed by atoms with Crippen molar-refractivity contribution in [2.75, 3.05) is 9.62 Å². The van der Waals surface area contributed by atoms with Gasteiger partial charge in [0.25, 0.3) is 10.0 Å². The minimum atomic E-state index is -4.00. The Kier molecular flexibility index (Phi) is 4.85. The second-order valence-corrected chi connectivity index (χ2v) is 6.41. The molecule has 5 nitrogen and oxygen atoms in total. The van der Waals surface area contributed by atoms with E-state index >= 15 is 0 Å². The maximum Gasteiger partial charge on any atom is 0.340 e. The summed E-state index contributed by atoms with van der Waals surface area (Å²) < 4.78 is 24.9. The van der Waals surface area contributed by atoms with E-state index in [4.69, 9.17) is 11.6 Å². The maximum atomic E-state index is 12.4. The molecule has 0 aliphatic carbocycles. The minimum Gasteiger partial charge on any atom is -0.307 e. The smallest absolute Gasteiger partial charge is 0.307 e. The molecule has 22 heavy (non-hydrogen) atoms. The summed E-state index contributed by atoms with van der Waals surface area (Å²) in [7, 11) is -4.00. The third kappa shape index (κ3) is 3.66. The molecule has 0 atom stereocenters. The van der Waals surface area contributed by atoms with Gasteiger partial charge in [-0.25, -0.2) is 13.2 Å². The quantitative estimate of drug-likeness (QED) is 0.922. The summed E-state index contributed by atoms with van der Waals surface area (Å²) in [6.45, 7) is 3.25. The van der Waals surface area contributed by atoms with Crippen LogP contribution in [0.5, 0.6) is 0 Å². The summed E-state index contributed by atoms with van der Waals surface area (Å²) in [5.74, 6) is 0. The zero-order valence-corrected chi connectivity index (χ0v) is 13.0. The fourth-order valence-corrected chi connectivity index (χ4v) is 2.69. The average Bonchev–Trinajstić information content (AvgIpc) is 2.50. The van der Waals surface area contributed by atoms with Crippen molar-refractivity contribution in [1.29, 1.82) is 0 Å². The van der Waals surface area contributed by atoms with E-state index < -0.39 is 16.1 Å². The largest absolute Gasteiger partial charge is 0.340 e. The Morgan fingerprint density at radius 3 is 2.23 bits per heavy atom. The summed E-state index contributed by atoms with van der Waals surface area (Å²) in [5, 5.41) is 3.67. The molecule has 2 rings (SSSR count). The molecule has 1 N–H and O–H groups in total. The number of benzene rings is 2. The van der Waals surface area contributed by atoms with Gasteiger partial charge in [-0.3, -0.25) is 0 Å². The lowest BCUT2D eigenvalue weighted by molar-refractivity contribution is 0.260. The van der Waals surface area contributed by atoms with Crippen LogP contribution in [0.3, 0.4) is 0 Å². The zero-order chi connectivity index (χ0) is 16.2. The predicted molar refractivity (Wildman–Crippen MR) is 88.5 cm³/mol. The topological polar surface area (TPSA) is 66.5 Å². The van der Waals surface area contributed by atoms with Gasteiger partial charge in [-0.2, -0.15) is 4.31 Å². The van der Waals surface area contributed by atoms with Gasteiger partial charge in [0.05, 0.1) is 5.69 Å². The lowest BCUT2D eigenvalue weighted by atomic mass is 10.3. The molecule has 0 heterocycles. The Bertz CT molecular complexity index is 774. The number of hydrogen-bond acceptors (Lipinski definition) is 3. The highest BCUT2D eigenvalue weighted by atomic mass is 35.5. The molecular formula is C15H13ClN2O3S. The van der Waals surface area contributed by atoms with Crippen molar-refractivity contribution in [1.82, 2.24) is 0 Å². The molecule has 0 saturated carbocycles. The fourth-order valence-electron chi connectivity index (χ4n) is 1.73. The molecule has 0 aliphatic heterocycles. The number of rotatable bonds is 4. The van der Waals surface area contributed by atoms with Gasteiger partial charge >= 0.3 is 6.03 Å². The molecule has 0 unspecified atom stereocenters. The van der Waals surface area contributed by atoms with Gasteiger partial charge < -0.3 is 5.32 Å². The van der Waals surface area contributed by atoms with Crippen molar-refractivity contribution < 1.29 is 13.2 Å². The highest BCUT2D eigenvalue weighted by Crippen LogP contribution is 2.22. The van der Waals surface area contributed by atoms with Crippen molar-refractivity contribution in [2.24, 2.45) is 0 Å². The normalized spacial score (nSPS) is 10.8. The van der Waals surface area contributed by atoms with Crippen LogP contribution in [-0.2, 0) is 10.0 Å². The lowest BCUT2D eigenvalue weighted by Gasteiger charge is -2.21. The van der Waals surface area contributed by atoms with Crippen molar-refractivity contribution in [2.45, 2.75) is 0 Å². The number of carbonyl (C=O) groups excluding carboxylic acids is 1. The maximum absolute atomic E-state index is 12.4. The van der Waals surface area contributed by atoms with Gasteiger partial charge in [0.15, 0.2) is 0 Å². The molecule has 0 bridgehead atoms. The number of nitrogens with zero attached hydrogens (tertiary/aromatic N) is 1. The van der Waals surface area contributed by atoms with E-state index in [9.17, 15) is 13.2 Å². The molecular weight excluding hydrogens is 324 g/mol. The van der Waals surface area contributed by atoms with E-state index in [0.717, 1.165) is 0 Å². The number of halogens is 1. The van der Waals surface area contributed by atoms with Crippen LogP contribution in [0.15, 0.2) is 66.6 Å². The van der Waals surface area contributed by atoms with Gasteiger partial charge in [0.1, 0.15) is 0 Å². The van der Waals surface area contributed by atoms with Crippen LogP contribution in [0.25, 0.3) is 0 Å². The molecule has 0 radical (unpaired) electrons. The van der Waals surface area contributed by atoms with Gasteiger partial charge in [-0.1, -0.05) is 36.4 Å². The Morgan fingerprint density at radius 1 is 1.09 bits per heavy atom. The summed E-state index contributed by atoms with van der Waals surface area (Å²) in [6, 6.07) is 13.6. The number of anilines is 2. The third-order valence-corrected chi connectivity index (χ3v) is 4.29. The number of sulfonamides is 1. The molecule has 0 aliphatic rings. The number of carbonyl (C=O) groups is 1. The van der Waals surface area contributed by atoms with Crippen LogP contribution < -0.4 is 9.62 Å². The molecule has 0 spiro atoms. The third-order valence-electron chi connectivity index (χ3n) is 2.74. The highest BCUT2D eigenvalue weighted by molar-refractivity contribution is 7.96. The second kappa shape index (κ2) is 6.64. The minimum absolute atomic E-state index is 0.165. The Morgan fingerprint density at radius 2 is 1.68 bits per heavy atom. The number of urea groups is 1. The van der Waals surface area contributed by atoms with Gasteiger partial charge in [-0.15, -0.1) is 0 Å². The second-order valence-electron chi connectivity index (χ2n) is 4.25. The van der Waals surface area contributed by atoms with Crippen LogP contribution >= 0.6 is 11.6 Å². The lowest BCUT2D eigenvalue weighted by Crippen LogP contribution is -2.38. The van der Waals surface area contributed by atoms with Crippen molar-refractivity contribution >= 4 is 39.0 Å². The fraction of sp³-hybridized carbons (Fsp3) is 0. The first kappa shape index (κ1) is 16.1. The predicted octanol–water partition coefficient (Wildman–Crippen LogP) is 3.85. The Balaban J connectivity index is 2.39. The summed E-state index contributed by atoms with van der Waals surface area (Å²) in [4.78, 5) is 12.4. The van der Waals surface area contributed by atoms with Gasteiger partial charge in [0.2, 0.25) is 0 Å². The van der Waals surface area contributed by atoms with Gasteiger partial charge in [0, 0.05) is 16.1 Å². The first-order valence-electron chi connectivity index (χ1n) is 6.23. The van der Waals surface area contributed by atoms with E-state index in [1.165, 1.54) is 24.3 Å². The molecule has 0 fully saturated rings. The van der Waals surface area contributed by atoms with E-state index in [1.54, 1.807) is 30.3 Å². The highest BCUT2D eigenvalue weighted by Gasteiger charge is 2.26. The molecule has 114 valence electrons. The van der Waals surface area contributed by atoms with Crippen LogP contribution in [0.1, 0.15) is 0 Å². The van der Waals surface area contributed by atoms with E-state index in [0.29, 0.717) is 20.4 Å². The molecule has 2 aromatic rings. The molecule has 2 amide bonds. The average molecular weight is 337 g/mol. The van der Waals surface area contributed by atoms with Crippen molar-refractivity contribution in [3.05, 3.63) is 71.6 Å². The summed E-state index contributed by atoms with van der Waals surface area (Å²) in [5.41, 5.74) is 0.642. The van der Waals surface area contributed by atoms with Crippen LogP contribution in [-0.4, -0.2) is 14.4 Å². The number of para-hydroxylation sites is 1. The van der Waals surface area contributed by atoms with Crippen LogP contribution in [0.2, 0.25) is 5.02 Å². The Labute approximate surface area is 133 Å². The first-order chi connectivity index (χ1) is 10.4. The van der Waals surface area contributed by atoms with Crippen molar-refractivity contribution in [3.8, 4) is 0 Å². The van der Waals surface area contributed by atoms with Gasteiger partial charge in [-0.05, 0) is 36.4 Å². The van der Waals surface area contributed by atoms with Crippen molar-refractivity contribution in [3.63, 3.8) is 0 Å². The zero-order valence-electron chi connectivity index (χ0n) is 11.4. The van der Waals surface area contributed by atoms with E-state index in [2.05, 4.69) is 11.9 Å². The molecule has 0 saturated heterocycles. The van der Waals surface area contributed by atoms with Crippen LogP contribution in [0, 0.1) is 0 Å². The molecule has 7 heteroatoms. The Hall–Kier alpha value is -2.31. The monoisotopic (exact) mass is 336 g/mol. The summed E-state index contributed by atoms with van der Waals surface area (Å²) >= 11 is 5.79. The van der Waals surface area contributed by atoms with Crippen LogP contribution in [0.4, 0.5) is 16.2 Å². The standard InChI is InChI=1S/C15H13ClN2O3S/c1-2-22(20,21)18(14-10-8-12(16)9-11-14)15(19)17-13-6-4-3-5-7-13/h2-11H,1H2,(H,17,19). The number of nitrogens with one attached hydrogen (secondary N) is 1.